The van der Waals surface area contributed by atoms with Gasteiger partial charge in [-0.15, -0.1) is 0 Å². The number of nitrogens with zero attached hydrogens (tertiary/aromatic N) is 4. The monoisotopic (exact) mass is 309 g/mol. The smallest absolute Gasteiger partial charge is 0.246 e. The van der Waals surface area contributed by atoms with E-state index in [2.05, 4.69) is 15.1 Å². The first-order valence-corrected chi connectivity index (χ1v) is 8.34. The van der Waals surface area contributed by atoms with Gasteiger partial charge in [0.2, 0.25) is 10.0 Å². The molecule has 1 atom stereocenters. The largest absolute Gasteiger partial charge is 0.346 e. The van der Waals surface area contributed by atoms with E-state index in [4.69, 9.17) is 0 Å². The van der Waals surface area contributed by atoms with Gasteiger partial charge in [-0.3, -0.25) is 4.68 Å². The van der Waals surface area contributed by atoms with Gasteiger partial charge >= 0.3 is 0 Å². The Labute approximate surface area is 124 Å². The van der Waals surface area contributed by atoms with Crippen molar-refractivity contribution in [1.82, 2.24) is 24.1 Å². The normalized spacial score (nSPS) is 20.2. The molecule has 0 radical (unpaired) electrons. The second-order valence-electron chi connectivity index (χ2n) is 5.55. The summed E-state index contributed by atoms with van der Waals surface area (Å²) in [7, 11) is -1.75. The molecule has 0 amide bonds. The van der Waals surface area contributed by atoms with Crippen molar-refractivity contribution in [1.29, 1.82) is 0 Å². The molecule has 8 heteroatoms. The van der Waals surface area contributed by atoms with E-state index in [-0.39, 0.29) is 5.92 Å². The quantitative estimate of drug-likeness (QED) is 0.914. The Morgan fingerprint density at radius 1 is 1.38 bits per heavy atom. The number of aromatic amines is 1. The Balaban J connectivity index is 1.84. The van der Waals surface area contributed by atoms with Gasteiger partial charge in [-0.25, -0.2) is 13.4 Å². The summed E-state index contributed by atoms with van der Waals surface area (Å²) in [6.07, 6.45) is 4.12. The zero-order chi connectivity index (χ0) is 15.2. The fourth-order valence-electron chi connectivity index (χ4n) is 2.78. The molecule has 1 N–H and O–H groups in total. The standard InChI is InChI=1S/C13H19N5O2S/c1-9-6-14-13(15-9)11-4-5-18(7-11)21(19,20)12-8-17(3)16-10(12)2/h6,8,11H,4-5,7H2,1-3H3,(H,14,15)/t11-/m0/s1. The van der Waals surface area contributed by atoms with Crippen molar-refractivity contribution in [3.8, 4) is 0 Å². The summed E-state index contributed by atoms with van der Waals surface area (Å²) in [5.41, 5.74) is 1.53. The van der Waals surface area contributed by atoms with Crippen LogP contribution in [0.15, 0.2) is 17.3 Å². The summed E-state index contributed by atoms with van der Waals surface area (Å²) >= 11 is 0. The Hall–Kier alpha value is -1.67. The van der Waals surface area contributed by atoms with Gasteiger partial charge in [-0.2, -0.15) is 9.40 Å². The zero-order valence-corrected chi connectivity index (χ0v) is 13.2. The lowest BCUT2D eigenvalue weighted by atomic mass is 10.1. The SMILES string of the molecule is Cc1cnc([C@H]2CCN(S(=O)(=O)c3cn(C)nc3C)C2)[nH]1. The summed E-state index contributed by atoms with van der Waals surface area (Å²) in [6.45, 7) is 4.64. The number of H-pyrrole nitrogens is 1. The predicted octanol–water partition coefficient (Wildman–Crippen LogP) is 0.938. The fourth-order valence-corrected chi connectivity index (χ4v) is 4.48. The van der Waals surface area contributed by atoms with Crippen LogP contribution in [0.25, 0.3) is 0 Å². The third kappa shape index (κ3) is 2.49. The lowest BCUT2D eigenvalue weighted by Crippen LogP contribution is -2.29. The van der Waals surface area contributed by atoms with Gasteiger partial charge in [0, 0.05) is 44.1 Å². The molecule has 0 aliphatic carbocycles. The van der Waals surface area contributed by atoms with Crippen molar-refractivity contribution < 1.29 is 8.42 Å². The molecule has 21 heavy (non-hydrogen) atoms. The Morgan fingerprint density at radius 2 is 2.14 bits per heavy atom. The minimum absolute atomic E-state index is 0.130. The van der Waals surface area contributed by atoms with Crippen LogP contribution < -0.4 is 0 Å². The minimum Gasteiger partial charge on any atom is -0.346 e. The Morgan fingerprint density at radius 3 is 2.71 bits per heavy atom. The molecule has 2 aromatic heterocycles. The molecule has 3 heterocycles. The predicted molar refractivity (Wildman–Crippen MR) is 77.4 cm³/mol. The van der Waals surface area contributed by atoms with Crippen molar-refractivity contribution in [2.45, 2.75) is 31.1 Å². The summed E-state index contributed by atoms with van der Waals surface area (Å²) in [5, 5.41) is 4.12. The molecule has 3 rings (SSSR count). The first-order chi connectivity index (χ1) is 9.88. The van der Waals surface area contributed by atoms with Crippen LogP contribution >= 0.6 is 0 Å². The lowest BCUT2D eigenvalue weighted by Gasteiger charge is -2.15. The van der Waals surface area contributed by atoms with E-state index in [9.17, 15) is 8.42 Å². The first kappa shape index (κ1) is 14.3. The average molecular weight is 309 g/mol. The second-order valence-corrected chi connectivity index (χ2v) is 7.46. The van der Waals surface area contributed by atoms with Gasteiger partial charge in [-0.1, -0.05) is 0 Å². The average Bonchev–Trinajstić information content (AvgIpc) is 3.08. The van der Waals surface area contributed by atoms with Crippen LogP contribution in [-0.4, -0.2) is 45.6 Å². The molecule has 1 fully saturated rings. The van der Waals surface area contributed by atoms with E-state index in [0.717, 1.165) is 17.9 Å². The van der Waals surface area contributed by atoms with Crippen LogP contribution in [-0.2, 0) is 17.1 Å². The van der Waals surface area contributed by atoms with E-state index >= 15 is 0 Å². The van der Waals surface area contributed by atoms with Crippen molar-refractivity contribution in [3.63, 3.8) is 0 Å². The molecular weight excluding hydrogens is 290 g/mol. The molecule has 0 spiro atoms. The molecule has 0 aromatic carbocycles. The van der Waals surface area contributed by atoms with Gasteiger partial charge in [-0.05, 0) is 20.3 Å². The number of imidazole rings is 1. The molecule has 1 aliphatic heterocycles. The lowest BCUT2D eigenvalue weighted by molar-refractivity contribution is 0.471. The number of hydrogen-bond acceptors (Lipinski definition) is 4. The molecule has 114 valence electrons. The molecule has 0 bridgehead atoms. The van der Waals surface area contributed by atoms with Crippen LogP contribution in [0.3, 0.4) is 0 Å². The number of aromatic nitrogens is 4. The van der Waals surface area contributed by atoms with Crippen molar-refractivity contribution in [3.05, 3.63) is 29.6 Å². The van der Waals surface area contributed by atoms with Crippen molar-refractivity contribution >= 4 is 10.0 Å². The molecule has 1 aliphatic rings. The third-order valence-electron chi connectivity index (χ3n) is 3.85. The second kappa shape index (κ2) is 4.96. The molecule has 0 unspecified atom stereocenters. The summed E-state index contributed by atoms with van der Waals surface area (Å²) in [6, 6.07) is 0. The van der Waals surface area contributed by atoms with Crippen LogP contribution in [0.4, 0.5) is 0 Å². The number of nitrogens with one attached hydrogen (secondary N) is 1. The van der Waals surface area contributed by atoms with E-state index < -0.39 is 10.0 Å². The molecule has 2 aromatic rings. The van der Waals surface area contributed by atoms with Gasteiger partial charge in [0.25, 0.3) is 0 Å². The van der Waals surface area contributed by atoms with Crippen LogP contribution in [0.5, 0.6) is 0 Å². The minimum atomic E-state index is -3.47. The summed E-state index contributed by atoms with van der Waals surface area (Å²) in [4.78, 5) is 7.80. The highest BCUT2D eigenvalue weighted by atomic mass is 32.2. The summed E-state index contributed by atoms with van der Waals surface area (Å²) < 4.78 is 28.4. The molecular formula is C13H19N5O2S. The van der Waals surface area contributed by atoms with Crippen LogP contribution in [0.2, 0.25) is 0 Å². The Bertz CT molecular complexity index is 761. The molecule has 1 saturated heterocycles. The molecule has 0 saturated carbocycles. The van der Waals surface area contributed by atoms with Crippen LogP contribution in [0, 0.1) is 13.8 Å². The fraction of sp³-hybridized carbons (Fsp3) is 0.538. The molecule has 7 nitrogen and oxygen atoms in total. The van der Waals surface area contributed by atoms with E-state index in [1.54, 1.807) is 26.4 Å². The Kier molecular flexibility index (Phi) is 3.37. The van der Waals surface area contributed by atoms with E-state index in [1.807, 2.05) is 6.92 Å². The highest BCUT2D eigenvalue weighted by molar-refractivity contribution is 7.89. The zero-order valence-electron chi connectivity index (χ0n) is 12.4. The number of rotatable bonds is 3. The van der Waals surface area contributed by atoms with Gasteiger partial charge in [0.15, 0.2) is 0 Å². The van der Waals surface area contributed by atoms with E-state index in [0.29, 0.717) is 23.7 Å². The van der Waals surface area contributed by atoms with Crippen LogP contribution in [0.1, 0.15) is 29.6 Å². The first-order valence-electron chi connectivity index (χ1n) is 6.90. The number of hydrogen-bond donors (Lipinski definition) is 1. The van der Waals surface area contributed by atoms with Gasteiger partial charge < -0.3 is 4.98 Å². The van der Waals surface area contributed by atoms with Gasteiger partial charge in [0.05, 0.1) is 5.69 Å². The van der Waals surface area contributed by atoms with Gasteiger partial charge in [0.1, 0.15) is 10.7 Å². The topological polar surface area (TPSA) is 83.9 Å². The number of sulfonamides is 1. The maximum Gasteiger partial charge on any atom is 0.246 e. The maximum atomic E-state index is 12.7. The van der Waals surface area contributed by atoms with Crippen molar-refractivity contribution in [2.75, 3.05) is 13.1 Å². The maximum absolute atomic E-state index is 12.7. The highest BCUT2D eigenvalue weighted by Crippen LogP contribution is 2.30. The number of aryl methyl sites for hydroxylation is 3. The van der Waals surface area contributed by atoms with E-state index in [1.165, 1.54) is 8.99 Å². The third-order valence-corrected chi connectivity index (χ3v) is 5.81. The summed E-state index contributed by atoms with van der Waals surface area (Å²) in [5.74, 6) is 0.999. The highest BCUT2D eigenvalue weighted by Gasteiger charge is 2.35. The van der Waals surface area contributed by atoms with Crippen molar-refractivity contribution in [2.24, 2.45) is 7.05 Å².